The van der Waals surface area contributed by atoms with Gasteiger partial charge in [-0.1, -0.05) is 0 Å². The molecule has 1 aromatic heterocycles. The van der Waals surface area contributed by atoms with Gasteiger partial charge in [0.05, 0.1) is 12.3 Å². The lowest BCUT2D eigenvalue weighted by Gasteiger charge is -2.19. The largest absolute Gasteiger partial charge is 0.376 e. The molecule has 4 nitrogen and oxygen atoms in total. The molecule has 88 valence electrons. The zero-order valence-electron chi connectivity index (χ0n) is 9.70. The first-order chi connectivity index (χ1) is 7.84. The fraction of sp³-hybridized carbons (Fsp3) is 0.750. The van der Waals surface area contributed by atoms with Gasteiger partial charge in [-0.3, -0.25) is 5.10 Å². The molecule has 2 unspecified atom stereocenters. The van der Waals surface area contributed by atoms with Gasteiger partial charge in [-0.15, -0.1) is 0 Å². The maximum atomic E-state index is 5.80. The summed E-state index contributed by atoms with van der Waals surface area (Å²) in [4.78, 5) is 0. The number of aromatic nitrogens is 2. The number of aromatic amines is 1. The topological polar surface area (TPSA) is 49.9 Å². The van der Waals surface area contributed by atoms with Crippen LogP contribution in [-0.4, -0.2) is 29.0 Å². The van der Waals surface area contributed by atoms with Crippen LogP contribution in [0.3, 0.4) is 0 Å². The smallest absolute Gasteiger partial charge is 0.0757 e. The van der Waals surface area contributed by atoms with Crippen molar-refractivity contribution in [1.29, 1.82) is 0 Å². The summed E-state index contributed by atoms with van der Waals surface area (Å²) < 4.78 is 5.80. The van der Waals surface area contributed by atoms with Crippen molar-refractivity contribution >= 4 is 0 Å². The first-order valence-electron chi connectivity index (χ1n) is 6.18. The molecule has 2 aliphatic rings. The number of H-pyrrole nitrogens is 1. The van der Waals surface area contributed by atoms with Crippen LogP contribution in [-0.2, 0) is 11.3 Å². The molecule has 2 N–H and O–H groups in total. The van der Waals surface area contributed by atoms with E-state index >= 15 is 0 Å². The minimum atomic E-state index is 0.465. The summed E-state index contributed by atoms with van der Waals surface area (Å²) in [6.07, 6.45) is 6.23. The average molecular weight is 221 g/mol. The maximum Gasteiger partial charge on any atom is 0.0757 e. The Bertz CT molecular complexity index is 359. The van der Waals surface area contributed by atoms with E-state index in [4.69, 9.17) is 4.74 Å². The lowest BCUT2D eigenvalue weighted by molar-refractivity contribution is 0.0809. The average Bonchev–Trinajstić information content (AvgIpc) is 2.88. The number of hydrogen-bond donors (Lipinski definition) is 2. The molecule has 2 fully saturated rings. The zero-order chi connectivity index (χ0) is 11.0. The molecule has 4 heteroatoms. The normalized spacial score (nSPS) is 29.8. The lowest BCUT2D eigenvalue weighted by Crippen LogP contribution is -2.37. The standard InChI is InChI=1S/C12H19N3O/c1-8-10(7-14-15-8)6-13-11-4-5-16-12(11)9-2-3-9/h7,9,11-13H,2-6H2,1H3,(H,14,15). The molecule has 0 amide bonds. The minimum absolute atomic E-state index is 0.465. The molecule has 3 rings (SSSR count). The minimum Gasteiger partial charge on any atom is -0.376 e. The number of nitrogens with zero attached hydrogens (tertiary/aromatic N) is 1. The fourth-order valence-corrected chi connectivity index (χ4v) is 2.51. The highest BCUT2D eigenvalue weighted by atomic mass is 16.5. The first kappa shape index (κ1) is 10.3. The third-order valence-corrected chi connectivity index (χ3v) is 3.71. The summed E-state index contributed by atoms with van der Waals surface area (Å²) >= 11 is 0. The van der Waals surface area contributed by atoms with E-state index in [-0.39, 0.29) is 0 Å². The van der Waals surface area contributed by atoms with Crippen LogP contribution >= 0.6 is 0 Å². The van der Waals surface area contributed by atoms with Gasteiger partial charge in [0.2, 0.25) is 0 Å². The predicted octanol–water partition coefficient (Wildman–Crippen LogP) is 1.38. The zero-order valence-corrected chi connectivity index (χ0v) is 9.70. The molecule has 1 saturated heterocycles. The Morgan fingerprint density at radius 3 is 3.06 bits per heavy atom. The van der Waals surface area contributed by atoms with Gasteiger partial charge in [-0.2, -0.15) is 5.10 Å². The second-order valence-electron chi connectivity index (χ2n) is 4.97. The van der Waals surface area contributed by atoms with E-state index in [1.54, 1.807) is 0 Å². The van der Waals surface area contributed by atoms with Crippen LogP contribution < -0.4 is 5.32 Å². The van der Waals surface area contributed by atoms with Crippen molar-refractivity contribution in [3.05, 3.63) is 17.5 Å². The van der Waals surface area contributed by atoms with Gasteiger partial charge in [0.1, 0.15) is 0 Å². The quantitative estimate of drug-likeness (QED) is 0.807. The third kappa shape index (κ3) is 1.99. The highest BCUT2D eigenvalue weighted by molar-refractivity contribution is 5.14. The van der Waals surface area contributed by atoms with E-state index in [1.807, 2.05) is 6.20 Å². The van der Waals surface area contributed by atoms with Crippen molar-refractivity contribution in [3.63, 3.8) is 0 Å². The summed E-state index contributed by atoms with van der Waals surface area (Å²) in [5.74, 6) is 0.824. The van der Waals surface area contributed by atoms with Crippen molar-refractivity contribution in [2.75, 3.05) is 6.61 Å². The molecule has 0 bridgehead atoms. The summed E-state index contributed by atoms with van der Waals surface area (Å²) in [5.41, 5.74) is 2.43. The molecule has 1 aliphatic carbocycles. The summed E-state index contributed by atoms with van der Waals surface area (Å²) in [5, 5.41) is 10.6. The number of nitrogens with one attached hydrogen (secondary N) is 2. The molecular formula is C12H19N3O. The Hall–Kier alpha value is -0.870. The second-order valence-corrected chi connectivity index (χ2v) is 4.97. The number of aryl methyl sites for hydroxylation is 1. The Labute approximate surface area is 95.8 Å². The fourth-order valence-electron chi connectivity index (χ4n) is 2.51. The van der Waals surface area contributed by atoms with Crippen LogP contribution in [0.4, 0.5) is 0 Å². The summed E-state index contributed by atoms with van der Waals surface area (Å²) in [6.45, 7) is 3.89. The Morgan fingerprint density at radius 2 is 2.38 bits per heavy atom. The SMILES string of the molecule is Cc1[nH]ncc1CNC1CCOC1C1CC1. The molecule has 0 spiro atoms. The van der Waals surface area contributed by atoms with Gasteiger partial charge in [0, 0.05) is 30.5 Å². The molecular weight excluding hydrogens is 202 g/mol. The van der Waals surface area contributed by atoms with Gasteiger partial charge in [-0.05, 0) is 32.1 Å². The van der Waals surface area contributed by atoms with Gasteiger partial charge < -0.3 is 10.1 Å². The van der Waals surface area contributed by atoms with Gasteiger partial charge in [0.25, 0.3) is 0 Å². The van der Waals surface area contributed by atoms with Crippen LogP contribution in [0.15, 0.2) is 6.20 Å². The monoisotopic (exact) mass is 221 g/mol. The van der Waals surface area contributed by atoms with Crippen LogP contribution in [0, 0.1) is 12.8 Å². The van der Waals surface area contributed by atoms with Gasteiger partial charge >= 0.3 is 0 Å². The summed E-state index contributed by atoms with van der Waals surface area (Å²) in [6, 6.07) is 0.543. The van der Waals surface area contributed by atoms with Crippen LogP contribution in [0.2, 0.25) is 0 Å². The predicted molar refractivity (Wildman–Crippen MR) is 61.0 cm³/mol. The Kier molecular flexibility index (Phi) is 2.69. The van der Waals surface area contributed by atoms with Crippen molar-refractivity contribution in [2.24, 2.45) is 5.92 Å². The Morgan fingerprint density at radius 1 is 1.50 bits per heavy atom. The molecule has 0 aromatic carbocycles. The van der Waals surface area contributed by atoms with E-state index in [9.17, 15) is 0 Å². The molecule has 2 atom stereocenters. The van der Waals surface area contributed by atoms with Crippen LogP contribution in [0.1, 0.15) is 30.5 Å². The highest BCUT2D eigenvalue weighted by Gasteiger charge is 2.40. The second kappa shape index (κ2) is 4.18. The molecule has 2 heterocycles. The van der Waals surface area contributed by atoms with Crippen molar-refractivity contribution in [3.8, 4) is 0 Å². The third-order valence-electron chi connectivity index (χ3n) is 3.71. The lowest BCUT2D eigenvalue weighted by atomic mass is 10.1. The van der Waals surface area contributed by atoms with E-state index in [0.29, 0.717) is 12.1 Å². The maximum absolute atomic E-state index is 5.80. The van der Waals surface area contributed by atoms with E-state index in [2.05, 4.69) is 22.4 Å². The molecule has 1 aromatic rings. The number of rotatable bonds is 4. The molecule has 1 saturated carbocycles. The van der Waals surface area contributed by atoms with Crippen molar-refractivity contribution in [2.45, 2.75) is 44.9 Å². The van der Waals surface area contributed by atoms with Gasteiger partial charge in [-0.25, -0.2) is 0 Å². The number of ether oxygens (including phenoxy) is 1. The van der Waals surface area contributed by atoms with Crippen molar-refractivity contribution in [1.82, 2.24) is 15.5 Å². The molecule has 1 aliphatic heterocycles. The van der Waals surface area contributed by atoms with E-state index < -0.39 is 0 Å². The number of hydrogen-bond acceptors (Lipinski definition) is 3. The van der Waals surface area contributed by atoms with Crippen LogP contribution in [0.25, 0.3) is 0 Å². The molecule has 0 radical (unpaired) electrons. The first-order valence-corrected chi connectivity index (χ1v) is 6.18. The Balaban J connectivity index is 1.56. The highest BCUT2D eigenvalue weighted by Crippen LogP contribution is 2.38. The van der Waals surface area contributed by atoms with E-state index in [0.717, 1.165) is 31.2 Å². The van der Waals surface area contributed by atoms with Crippen molar-refractivity contribution < 1.29 is 4.74 Å². The van der Waals surface area contributed by atoms with Gasteiger partial charge in [0.15, 0.2) is 0 Å². The van der Waals surface area contributed by atoms with Crippen LogP contribution in [0.5, 0.6) is 0 Å². The molecule has 16 heavy (non-hydrogen) atoms. The van der Waals surface area contributed by atoms with E-state index in [1.165, 1.54) is 18.4 Å². The summed E-state index contributed by atoms with van der Waals surface area (Å²) in [7, 11) is 0.